The molecule has 3 N–H and O–H groups in total. The van der Waals surface area contributed by atoms with Gasteiger partial charge in [0.15, 0.2) is 9.84 Å². The van der Waals surface area contributed by atoms with Gasteiger partial charge in [-0.3, -0.25) is 4.79 Å². The van der Waals surface area contributed by atoms with Gasteiger partial charge in [0.25, 0.3) is 0 Å². The zero-order valence-corrected chi connectivity index (χ0v) is 12.4. The van der Waals surface area contributed by atoms with Gasteiger partial charge in [-0.15, -0.1) is 0 Å². The van der Waals surface area contributed by atoms with Crippen LogP contribution in [0.3, 0.4) is 0 Å². The van der Waals surface area contributed by atoms with Crippen molar-refractivity contribution in [3.05, 3.63) is 18.2 Å². The van der Waals surface area contributed by atoms with Gasteiger partial charge >= 0.3 is 0 Å². The lowest BCUT2D eigenvalue weighted by Gasteiger charge is -2.37. The van der Waals surface area contributed by atoms with E-state index in [2.05, 4.69) is 5.32 Å². The fraction of sp³-hybridized carbons (Fsp3) is 0.462. The third kappa shape index (κ3) is 2.72. The number of anilines is 2. The molecule has 110 valence electrons. The van der Waals surface area contributed by atoms with Crippen molar-refractivity contribution in [1.29, 1.82) is 0 Å². The second-order valence-corrected chi connectivity index (χ2v) is 6.92. The molecule has 0 aromatic heterocycles. The average molecular weight is 297 g/mol. The topological polar surface area (TPSA) is 92.5 Å². The number of carbonyl (C=O) groups is 1. The maximum absolute atomic E-state index is 11.9. The minimum Gasteiger partial charge on any atom is -0.397 e. The van der Waals surface area contributed by atoms with Gasteiger partial charge in [0.1, 0.15) is 6.04 Å². The van der Waals surface area contributed by atoms with Crippen molar-refractivity contribution in [2.45, 2.75) is 24.3 Å². The van der Waals surface area contributed by atoms with Crippen molar-refractivity contribution >= 4 is 27.1 Å². The molecule has 20 heavy (non-hydrogen) atoms. The monoisotopic (exact) mass is 297 g/mol. The normalized spacial score (nSPS) is 19.8. The van der Waals surface area contributed by atoms with E-state index in [9.17, 15) is 13.2 Å². The Labute approximate surface area is 118 Å². The zero-order valence-electron chi connectivity index (χ0n) is 11.6. The molecule has 0 bridgehead atoms. The molecular formula is C13H19N3O3S. The molecule has 1 amide bonds. The Hall–Kier alpha value is -1.76. The summed E-state index contributed by atoms with van der Waals surface area (Å²) in [6.07, 6.45) is 1.81. The highest BCUT2D eigenvalue weighted by Crippen LogP contribution is 2.29. The molecule has 6 nitrogen and oxygen atoms in total. The fourth-order valence-electron chi connectivity index (χ4n) is 2.43. The van der Waals surface area contributed by atoms with Crippen LogP contribution in [0, 0.1) is 0 Å². The number of hydrogen-bond donors (Lipinski definition) is 2. The molecule has 1 aromatic carbocycles. The van der Waals surface area contributed by atoms with Crippen LogP contribution in [0.4, 0.5) is 11.4 Å². The van der Waals surface area contributed by atoms with Crippen LogP contribution in [0.15, 0.2) is 23.1 Å². The maximum atomic E-state index is 11.9. The molecule has 1 aromatic rings. The van der Waals surface area contributed by atoms with Crippen LogP contribution >= 0.6 is 0 Å². The highest BCUT2D eigenvalue weighted by Gasteiger charge is 2.29. The lowest BCUT2D eigenvalue weighted by atomic mass is 10.1. The molecule has 1 unspecified atom stereocenters. The zero-order chi connectivity index (χ0) is 14.9. The van der Waals surface area contributed by atoms with Gasteiger partial charge in [-0.25, -0.2) is 8.42 Å². The summed E-state index contributed by atoms with van der Waals surface area (Å²) in [5.41, 5.74) is 7.06. The first-order valence-electron chi connectivity index (χ1n) is 6.48. The van der Waals surface area contributed by atoms with Crippen LogP contribution < -0.4 is 16.0 Å². The highest BCUT2D eigenvalue weighted by atomic mass is 32.2. The Balaban J connectivity index is 2.40. The van der Waals surface area contributed by atoms with E-state index >= 15 is 0 Å². The van der Waals surface area contributed by atoms with Gasteiger partial charge < -0.3 is 16.0 Å². The summed E-state index contributed by atoms with van der Waals surface area (Å²) in [5.74, 6) is -0.0228. The van der Waals surface area contributed by atoms with Crippen molar-refractivity contribution in [3.63, 3.8) is 0 Å². The number of benzene rings is 1. The predicted octanol–water partition coefficient (Wildman–Crippen LogP) is 0.387. The van der Waals surface area contributed by atoms with Crippen molar-refractivity contribution < 1.29 is 13.2 Å². The fourth-order valence-corrected chi connectivity index (χ4v) is 3.09. The third-order valence-electron chi connectivity index (χ3n) is 3.45. The number of nitrogens with one attached hydrogen (secondary N) is 1. The SMILES string of the molecule is CCC1C(=O)NCCN1c1ccc(S(C)(=O)=O)cc1N. The van der Waals surface area contributed by atoms with E-state index in [0.29, 0.717) is 30.9 Å². The van der Waals surface area contributed by atoms with Crippen LogP contribution in [-0.2, 0) is 14.6 Å². The van der Waals surface area contributed by atoms with Gasteiger partial charge in [-0.05, 0) is 24.6 Å². The summed E-state index contributed by atoms with van der Waals surface area (Å²) in [4.78, 5) is 14.0. The molecule has 0 saturated carbocycles. The summed E-state index contributed by atoms with van der Waals surface area (Å²) in [7, 11) is -3.28. The quantitative estimate of drug-likeness (QED) is 0.787. The Morgan fingerprint density at radius 1 is 1.45 bits per heavy atom. The number of piperazine rings is 1. The van der Waals surface area contributed by atoms with Crippen molar-refractivity contribution in [3.8, 4) is 0 Å². The van der Waals surface area contributed by atoms with E-state index in [1.54, 1.807) is 6.07 Å². The Morgan fingerprint density at radius 3 is 2.70 bits per heavy atom. The number of amides is 1. The van der Waals surface area contributed by atoms with Crippen molar-refractivity contribution in [1.82, 2.24) is 5.32 Å². The minimum atomic E-state index is -3.28. The molecule has 0 spiro atoms. The van der Waals surface area contributed by atoms with Crippen molar-refractivity contribution in [2.24, 2.45) is 0 Å². The van der Waals surface area contributed by atoms with E-state index in [1.165, 1.54) is 12.1 Å². The second-order valence-electron chi connectivity index (χ2n) is 4.90. The Morgan fingerprint density at radius 2 is 2.15 bits per heavy atom. The molecule has 1 aliphatic rings. The smallest absolute Gasteiger partial charge is 0.242 e. The molecule has 0 aliphatic carbocycles. The molecule has 0 radical (unpaired) electrons. The van der Waals surface area contributed by atoms with E-state index in [4.69, 9.17) is 5.73 Å². The molecule has 7 heteroatoms. The molecular weight excluding hydrogens is 278 g/mol. The molecule has 1 aliphatic heterocycles. The van der Waals surface area contributed by atoms with Gasteiger partial charge in [0.2, 0.25) is 5.91 Å². The standard InChI is InChI=1S/C13H19N3O3S/c1-3-11-13(17)15-6-7-16(11)12-5-4-9(8-10(12)14)20(2,18)19/h4-5,8,11H,3,6-7,14H2,1-2H3,(H,15,17). The van der Waals surface area contributed by atoms with Crippen LogP contribution in [0.25, 0.3) is 0 Å². The molecule has 1 heterocycles. The van der Waals surface area contributed by atoms with E-state index in [-0.39, 0.29) is 16.8 Å². The van der Waals surface area contributed by atoms with E-state index in [1.807, 2.05) is 11.8 Å². The van der Waals surface area contributed by atoms with Crippen LogP contribution in [-0.4, -0.2) is 39.7 Å². The van der Waals surface area contributed by atoms with Gasteiger partial charge in [0.05, 0.1) is 16.3 Å². The Bertz CT molecular complexity index is 628. The number of hydrogen-bond acceptors (Lipinski definition) is 5. The number of sulfone groups is 1. The first-order valence-corrected chi connectivity index (χ1v) is 8.37. The number of rotatable bonds is 3. The third-order valence-corrected chi connectivity index (χ3v) is 4.56. The molecule has 1 fully saturated rings. The van der Waals surface area contributed by atoms with Gasteiger partial charge in [0, 0.05) is 19.3 Å². The van der Waals surface area contributed by atoms with Crippen molar-refractivity contribution in [2.75, 3.05) is 30.0 Å². The lowest BCUT2D eigenvalue weighted by Crippen LogP contribution is -2.55. The molecule has 1 atom stereocenters. The summed E-state index contributed by atoms with van der Waals surface area (Å²) in [6.45, 7) is 3.15. The van der Waals surface area contributed by atoms with Crippen LogP contribution in [0.5, 0.6) is 0 Å². The minimum absolute atomic E-state index is 0.0228. The Kier molecular flexibility index (Phi) is 3.89. The van der Waals surface area contributed by atoms with Gasteiger partial charge in [-0.2, -0.15) is 0 Å². The first-order chi connectivity index (χ1) is 9.34. The summed E-state index contributed by atoms with van der Waals surface area (Å²) < 4.78 is 23.0. The lowest BCUT2D eigenvalue weighted by molar-refractivity contribution is -0.123. The van der Waals surface area contributed by atoms with E-state index in [0.717, 1.165) is 6.26 Å². The number of nitrogen functional groups attached to an aromatic ring is 1. The average Bonchev–Trinajstić information content (AvgIpc) is 2.37. The summed E-state index contributed by atoms with van der Waals surface area (Å²) in [6, 6.07) is 4.38. The highest BCUT2D eigenvalue weighted by molar-refractivity contribution is 7.90. The largest absolute Gasteiger partial charge is 0.397 e. The second kappa shape index (κ2) is 5.32. The number of nitrogens with two attached hydrogens (primary N) is 1. The van der Waals surface area contributed by atoms with Crippen LogP contribution in [0.2, 0.25) is 0 Å². The molecule has 2 rings (SSSR count). The molecule has 1 saturated heterocycles. The summed E-state index contributed by atoms with van der Waals surface area (Å²) in [5, 5.41) is 2.82. The number of nitrogens with zero attached hydrogens (tertiary/aromatic N) is 1. The van der Waals surface area contributed by atoms with Crippen LogP contribution in [0.1, 0.15) is 13.3 Å². The summed E-state index contributed by atoms with van der Waals surface area (Å²) >= 11 is 0. The van der Waals surface area contributed by atoms with Gasteiger partial charge in [-0.1, -0.05) is 6.92 Å². The number of carbonyl (C=O) groups excluding carboxylic acids is 1. The predicted molar refractivity (Wildman–Crippen MR) is 78.4 cm³/mol. The van der Waals surface area contributed by atoms with E-state index < -0.39 is 9.84 Å². The first kappa shape index (κ1) is 14.6. The maximum Gasteiger partial charge on any atom is 0.242 e.